The number of nitrogens with one attached hydrogen (secondary N) is 2. The average molecular weight is 297 g/mol. The molecule has 4 heteroatoms. The molecule has 1 saturated heterocycles. The molecule has 4 nitrogen and oxygen atoms in total. The van der Waals surface area contributed by atoms with Crippen LogP contribution in [0.25, 0.3) is 0 Å². The Labute approximate surface area is 132 Å². The Hall–Kier alpha value is -2.20. The fourth-order valence-electron chi connectivity index (χ4n) is 2.76. The standard InChI is InChI=1S/C18H23N3O/c1-22-18-5-3-2-4-15(18)14-20-16-6-8-17(9-7-16)21-12-10-19-11-13-21/h2-9,19-20H,10-14H2,1H3. The second kappa shape index (κ2) is 7.18. The van der Waals surface area contributed by atoms with Crippen LogP contribution in [-0.2, 0) is 6.54 Å². The monoisotopic (exact) mass is 297 g/mol. The quantitative estimate of drug-likeness (QED) is 0.890. The molecule has 0 radical (unpaired) electrons. The van der Waals surface area contributed by atoms with E-state index >= 15 is 0 Å². The van der Waals surface area contributed by atoms with E-state index in [4.69, 9.17) is 4.74 Å². The lowest BCUT2D eigenvalue weighted by Gasteiger charge is -2.29. The second-order valence-corrected chi connectivity index (χ2v) is 5.45. The van der Waals surface area contributed by atoms with Gasteiger partial charge in [-0.25, -0.2) is 0 Å². The van der Waals surface area contributed by atoms with Gasteiger partial charge in [-0.3, -0.25) is 0 Å². The zero-order chi connectivity index (χ0) is 15.2. The summed E-state index contributed by atoms with van der Waals surface area (Å²) in [6, 6.07) is 16.8. The molecule has 0 aromatic heterocycles. The average Bonchev–Trinajstić information content (AvgIpc) is 2.61. The molecule has 0 bridgehead atoms. The molecule has 2 aromatic rings. The first-order valence-corrected chi connectivity index (χ1v) is 7.78. The van der Waals surface area contributed by atoms with E-state index in [0.717, 1.165) is 49.7 Å². The summed E-state index contributed by atoms with van der Waals surface area (Å²) in [7, 11) is 1.71. The van der Waals surface area contributed by atoms with Gasteiger partial charge in [0.15, 0.2) is 0 Å². The van der Waals surface area contributed by atoms with Crippen molar-refractivity contribution in [2.75, 3.05) is 43.5 Å². The minimum Gasteiger partial charge on any atom is -0.496 e. The van der Waals surface area contributed by atoms with Crippen LogP contribution in [0.2, 0.25) is 0 Å². The maximum Gasteiger partial charge on any atom is 0.123 e. The summed E-state index contributed by atoms with van der Waals surface area (Å²) in [6.45, 7) is 5.04. The van der Waals surface area contributed by atoms with Crippen molar-refractivity contribution in [1.29, 1.82) is 0 Å². The summed E-state index contributed by atoms with van der Waals surface area (Å²) in [6.07, 6.45) is 0. The highest BCUT2D eigenvalue weighted by atomic mass is 16.5. The molecular formula is C18H23N3O. The van der Waals surface area contributed by atoms with Gasteiger partial charge in [0.2, 0.25) is 0 Å². The Balaban J connectivity index is 1.61. The van der Waals surface area contributed by atoms with Crippen molar-refractivity contribution >= 4 is 11.4 Å². The Morgan fingerprint density at radius 2 is 1.77 bits per heavy atom. The number of ether oxygens (including phenoxy) is 1. The van der Waals surface area contributed by atoms with Crippen molar-refractivity contribution in [3.63, 3.8) is 0 Å². The first-order chi connectivity index (χ1) is 10.9. The Kier molecular flexibility index (Phi) is 4.81. The number of piperazine rings is 1. The summed E-state index contributed by atoms with van der Waals surface area (Å²) in [5.74, 6) is 0.924. The van der Waals surface area contributed by atoms with E-state index in [0.29, 0.717) is 0 Å². The third-order valence-electron chi connectivity index (χ3n) is 4.02. The van der Waals surface area contributed by atoms with Gasteiger partial charge in [0.05, 0.1) is 7.11 Å². The van der Waals surface area contributed by atoms with E-state index in [1.807, 2.05) is 18.2 Å². The number of anilines is 2. The summed E-state index contributed by atoms with van der Waals surface area (Å²) in [5, 5.41) is 6.83. The van der Waals surface area contributed by atoms with Gasteiger partial charge in [0.1, 0.15) is 5.75 Å². The molecule has 1 aliphatic heterocycles. The fraction of sp³-hybridized carbons (Fsp3) is 0.333. The van der Waals surface area contributed by atoms with Crippen molar-refractivity contribution in [3.05, 3.63) is 54.1 Å². The van der Waals surface area contributed by atoms with Gasteiger partial charge >= 0.3 is 0 Å². The van der Waals surface area contributed by atoms with Crippen LogP contribution in [0.3, 0.4) is 0 Å². The van der Waals surface area contributed by atoms with Crippen LogP contribution >= 0.6 is 0 Å². The largest absolute Gasteiger partial charge is 0.496 e. The molecule has 0 amide bonds. The lowest BCUT2D eigenvalue weighted by molar-refractivity contribution is 0.410. The predicted octanol–water partition coefficient (Wildman–Crippen LogP) is 2.72. The third-order valence-corrected chi connectivity index (χ3v) is 4.02. The summed E-state index contributed by atoms with van der Waals surface area (Å²) < 4.78 is 5.38. The molecular weight excluding hydrogens is 274 g/mol. The number of methoxy groups -OCH3 is 1. The van der Waals surface area contributed by atoms with E-state index in [1.54, 1.807) is 7.11 Å². The molecule has 22 heavy (non-hydrogen) atoms. The van der Waals surface area contributed by atoms with E-state index < -0.39 is 0 Å². The number of hydrogen-bond acceptors (Lipinski definition) is 4. The van der Waals surface area contributed by atoms with Crippen molar-refractivity contribution < 1.29 is 4.74 Å². The van der Waals surface area contributed by atoms with Crippen LogP contribution in [0, 0.1) is 0 Å². The SMILES string of the molecule is COc1ccccc1CNc1ccc(N2CCNCC2)cc1. The van der Waals surface area contributed by atoms with E-state index in [9.17, 15) is 0 Å². The highest BCUT2D eigenvalue weighted by molar-refractivity contribution is 5.55. The van der Waals surface area contributed by atoms with E-state index in [1.165, 1.54) is 5.69 Å². The predicted molar refractivity (Wildman–Crippen MR) is 91.8 cm³/mol. The third kappa shape index (κ3) is 3.52. The molecule has 116 valence electrons. The summed E-state index contributed by atoms with van der Waals surface area (Å²) >= 11 is 0. The topological polar surface area (TPSA) is 36.5 Å². The first-order valence-electron chi connectivity index (χ1n) is 7.78. The van der Waals surface area contributed by atoms with Crippen LogP contribution in [-0.4, -0.2) is 33.3 Å². The van der Waals surface area contributed by atoms with Crippen LogP contribution in [0.15, 0.2) is 48.5 Å². The van der Waals surface area contributed by atoms with Gasteiger partial charge in [0, 0.05) is 49.7 Å². The zero-order valence-corrected chi connectivity index (χ0v) is 13.0. The Morgan fingerprint density at radius 1 is 1.05 bits per heavy atom. The summed E-state index contributed by atoms with van der Waals surface area (Å²) in [4.78, 5) is 2.42. The number of benzene rings is 2. The van der Waals surface area contributed by atoms with Gasteiger partial charge in [0.25, 0.3) is 0 Å². The van der Waals surface area contributed by atoms with Gasteiger partial charge in [-0.05, 0) is 30.3 Å². The van der Waals surface area contributed by atoms with Crippen LogP contribution < -0.4 is 20.3 Å². The van der Waals surface area contributed by atoms with Crippen LogP contribution in [0.4, 0.5) is 11.4 Å². The molecule has 0 atom stereocenters. The molecule has 2 aromatic carbocycles. The molecule has 0 spiro atoms. The highest BCUT2D eigenvalue weighted by Gasteiger charge is 2.09. The smallest absolute Gasteiger partial charge is 0.123 e. The summed E-state index contributed by atoms with van der Waals surface area (Å²) in [5.41, 5.74) is 3.59. The van der Waals surface area contributed by atoms with Gasteiger partial charge in [-0.2, -0.15) is 0 Å². The van der Waals surface area contributed by atoms with Gasteiger partial charge in [-0.15, -0.1) is 0 Å². The molecule has 1 aliphatic rings. The number of nitrogens with zero attached hydrogens (tertiary/aromatic N) is 1. The Bertz CT molecular complexity index is 592. The maximum atomic E-state index is 5.38. The first kappa shape index (κ1) is 14.7. The minimum atomic E-state index is 0.761. The lowest BCUT2D eigenvalue weighted by atomic mass is 10.2. The van der Waals surface area contributed by atoms with Gasteiger partial charge < -0.3 is 20.3 Å². The van der Waals surface area contributed by atoms with Crippen molar-refractivity contribution in [2.45, 2.75) is 6.54 Å². The fourth-order valence-corrected chi connectivity index (χ4v) is 2.76. The van der Waals surface area contributed by atoms with Crippen LogP contribution in [0.1, 0.15) is 5.56 Å². The van der Waals surface area contributed by atoms with Crippen molar-refractivity contribution in [1.82, 2.24) is 5.32 Å². The highest BCUT2D eigenvalue weighted by Crippen LogP contribution is 2.21. The number of para-hydroxylation sites is 1. The molecule has 1 heterocycles. The van der Waals surface area contributed by atoms with Gasteiger partial charge in [-0.1, -0.05) is 18.2 Å². The maximum absolute atomic E-state index is 5.38. The zero-order valence-electron chi connectivity index (χ0n) is 13.0. The molecule has 1 fully saturated rings. The molecule has 0 unspecified atom stereocenters. The number of rotatable bonds is 5. The van der Waals surface area contributed by atoms with E-state index in [-0.39, 0.29) is 0 Å². The molecule has 3 rings (SSSR count). The molecule has 0 aliphatic carbocycles. The molecule has 0 saturated carbocycles. The minimum absolute atomic E-state index is 0.761. The second-order valence-electron chi connectivity index (χ2n) is 5.45. The number of hydrogen-bond donors (Lipinski definition) is 2. The van der Waals surface area contributed by atoms with E-state index in [2.05, 4.69) is 45.9 Å². The Morgan fingerprint density at radius 3 is 2.50 bits per heavy atom. The lowest BCUT2D eigenvalue weighted by Crippen LogP contribution is -2.43. The molecule has 2 N–H and O–H groups in total. The van der Waals surface area contributed by atoms with Crippen molar-refractivity contribution in [3.8, 4) is 5.75 Å². The normalized spacial score (nSPS) is 14.7. The van der Waals surface area contributed by atoms with Crippen LogP contribution in [0.5, 0.6) is 5.75 Å². The van der Waals surface area contributed by atoms with Crippen molar-refractivity contribution in [2.24, 2.45) is 0 Å².